The van der Waals surface area contributed by atoms with Crippen molar-refractivity contribution in [3.63, 3.8) is 0 Å². The molecule has 0 aliphatic heterocycles. The van der Waals surface area contributed by atoms with Crippen LogP contribution in [-0.2, 0) is 27.8 Å². The predicted octanol–water partition coefficient (Wildman–Crippen LogP) is 2.62. The van der Waals surface area contributed by atoms with Gasteiger partial charge in [-0.15, -0.1) is 0 Å². The van der Waals surface area contributed by atoms with Crippen LogP contribution in [0.2, 0.25) is 0 Å². The van der Waals surface area contributed by atoms with E-state index in [2.05, 4.69) is 10.0 Å². The third kappa shape index (κ3) is 6.32. The molecular weight excluding hydrogens is 336 g/mol. The van der Waals surface area contributed by atoms with Gasteiger partial charge in [-0.3, -0.25) is 4.79 Å². The minimum absolute atomic E-state index is 0.0167. The molecule has 0 aromatic heterocycles. The second-order valence-corrected chi connectivity index (χ2v) is 7.57. The molecule has 2 aromatic carbocycles. The Hall–Kier alpha value is -2.18. The van der Waals surface area contributed by atoms with Crippen LogP contribution in [0.15, 0.2) is 59.5 Å². The molecule has 2 N–H and O–H groups in total. The van der Waals surface area contributed by atoms with Crippen LogP contribution in [0.5, 0.6) is 0 Å². The van der Waals surface area contributed by atoms with Gasteiger partial charge in [0.25, 0.3) is 0 Å². The molecular formula is C19H24N2O3S. The Kier molecular flexibility index (Phi) is 7.16. The van der Waals surface area contributed by atoms with Gasteiger partial charge in [-0.1, -0.05) is 49.4 Å². The van der Waals surface area contributed by atoms with Gasteiger partial charge in [0, 0.05) is 19.5 Å². The van der Waals surface area contributed by atoms with Crippen LogP contribution in [0.25, 0.3) is 0 Å². The summed E-state index contributed by atoms with van der Waals surface area (Å²) in [5, 5.41) is 2.83. The monoisotopic (exact) mass is 360 g/mol. The molecule has 6 heteroatoms. The van der Waals surface area contributed by atoms with Crippen molar-refractivity contribution in [3.05, 3.63) is 65.7 Å². The van der Waals surface area contributed by atoms with Crippen LogP contribution >= 0.6 is 0 Å². The van der Waals surface area contributed by atoms with Crippen LogP contribution in [-0.4, -0.2) is 20.9 Å². The molecule has 0 saturated heterocycles. The average molecular weight is 360 g/mol. The Morgan fingerprint density at radius 2 is 1.64 bits per heavy atom. The highest BCUT2D eigenvalue weighted by Crippen LogP contribution is 2.12. The van der Waals surface area contributed by atoms with Gasteiger partial charge in [0.2, 0.25) is 15.9 Å². The van der Waals surface area contributed by atoms with E-state index in [1.807, 2.05) is 37.3 Å². The molecule has 0 heterocycles. The summed E-state index contributed by atoms with van der Waals surface area (Å²) in [5.74, 6) is 0.0167. The molecule has 25 heavy (non-hydrogen) atoms. The molecule has 0 saturated carbocycles. The van der Waals surface area contributed by atoms with E-state index in [1.54, 1.807) is 24.3 Å². The van der Waals surface area contributed by atoms with Crippen LogP contribution in [0.4, 0.5) is 0 Å². The Balaban J connectivity index is 1.90. The highest BCUT2D eigenvalue weighted by Gasteiger charge is 2.13. The lowest BCUT2D eigenvalue weighted by Crippen LogP contribution is -2.24. The summed E-state index contributed by atoms with van der Waals surface area (Å²) in [5.41, 5.74) is 1.84. The van der Waals surface area contributed by atoms with Crippen molar-refractivity contribution in [2.75, 3.05) is 6.54 Å². The van der Waals surface area contributed by atoms with Crippen molar-refractivity contribution in [1.82, 2.24) is 10.0 Å². The molecule has 0 fully saturated rings. The number of carbonyl (C=O) groups is 1. The highest BCUT2D eigenvalue weighted by atomic mass is 32.2. The van der Waals surface area contributed by atoms with Crippen molar-refractivity contribution in [3.8, 4) is 0 Å². The SMILES string of the molecule is CCCNC(=O)CCc1ccc(S(=O)(=O)NCc2ccccc2)cc1. The Labute approximate surface area is 149 Å². The van der Waals surface area contributed by atoms with E-state index in [-0.39, 0.29) is 17.3 Å². The molecule has 2 aromatic rings. The van der Waals surface area contributed by atoms with E-state index in [0.29, 0.717) is 19.4 Å². The van der Waals surface area contributed by atoms with Crippen LogP contribution in [0.3, 0.4) is 0 Å². The molecule has 0 atom stereocenters. The maximum Gasteiger partial charge on any atom is 0.240 e. The lowest BCUT2D eigenvalue weighted by atomic mass is 10.1. The first-order valence-electron chi connectivity index (χ1n) is 8.40. The maximum absolute atomic E-state index is 12.3. The van der Waals surface area contributed by atoms with Gasteiger partial charge in [-0.05, 0) is 36.1 Å². The second kappa shape index (κ2) is 9.34. The molecule has 0 aliphatic rings. The summed E-state index contributed by atoms with van der Waals surface area (Å²) < 4.78 is 27.2. The number of nitrogens with one attached hydrogen (secondary N) is 2. The standard InChI is InChI=1S/C19H24N2O3S/c1-2-14-20-19(22)13-10-16-8-11-18(12-9-16)25(23,24)21-15-17-6-4-3-5-7-17/h3-9,11-12,21H,2,10,13-15H2,1H3,(H,20,22). The summed E-state index contributed by atoms with van der Waals surface area (Å²) in [7, 11) is -3.55. The number of amides is 1. The van der Waals surface area contributed by atoms with E-state index in [9.17, 15) is 13.2 Å². The molecule has 5 nitrogen and oxygen atoms in total. The lowest BCUT2D eigenvalue weighted by Gasteiger charge is -2.08. The fourth-order valence-corrected chi connectivity index (χ4v) is 3.32. The Morgan fingerprint density at radius 3 is 2.28 bits per heavy atom. The molecule has 0 radical (unpaired) electrons. The van der Waals surface area contributed by atoms with E-state index < -0.39 is 10.0 Å². The van der Waals surface area contributed by atoms with E-state index in [4.69, 9.17) is 0 Å². The van der Waals surface area contributed by atoms with E-state index in [1.165, 1.54) is 0 Å². The smallest absolute Gasteiger partial charge is 0.240 e. The normalized spacial score (nSPS) is 11.2. The molecule has 134 valence electrons. The fourth-order valence-electron chi connectivity index (χ4n) is 2.30. The van der Waals surface area contributed by atoms with Gasteiger partial charge in [-0.25, -0.2) is 13.1 Å². The maximum atomic E-state index is 12.3. The van der Waals surface area contributed by atoms with Crippen LogP contribution in [0.1, 0.15) is 30.9 Å². The molecule has 0 unspecified atom stereocenters. The third-order valence-corrected chi connectivity index (χ3v) is 5.17. The fraction of sp³-hybridized carbons (Fsp3) is 0.316. The number of aryl methyl sites for hydroxylation is 1. The topological polar surface area (TPSA) is 75.3 Å². The van der Waals surface area contributed by atoms with Crippen molar-refractivity contribution < 1.29 is 13.2 Å². The minimum atomic E-state index is -3.55. The number of benzene rings is 2. The van der Waals surface area contributed by atoms with Crippen LogP contribution in [0, 0.1) is 0 Å². The molecule has 0 spiro atoms. The summed E-state index contributed by atoms with van der Waals surface area (Å²) >= 11 is 0. The lowest BCUT2D eigenvalue weighted by molar-refractivity contribution is -0.121. The van der Waals surface area contributed by atoms with Gasteiger partial charge in [0.15, 0.2) is 0 Å². The quantitative estimate of drug-likeness (QED) is 0.722. The van der Waals surface area contributed by atoms with Crippen molar-refractivity contribution in [2.24, 2.45) is 0 Å². The first kappa shape index (κ1) is 19.1. The molecule has 2 rings (SSSR count). The Morgan fingerprint density at radius 1 is 0.960 bits per heavy atom. The second-order valence-electron chi connectivity index (χ2n) is 5.80. The van der Waals surface area contributed by atoms with Gasteiger partial charge < -0.3 is 5.32 Å². The summed E-state index contributed by atoms with van der Waals surface area (Å²) in [6, 6.07) is 16.0. The largest absolute Gasteiger partial charge is 0.356 e. The zero-order valence-corrected chi connectivity index (χ0v) is 15.2. The molecule has 0 aliphatic carbocycles. The number of rotatable bonds is 9. The highest BCUT2D eigenvalue weighted by molar-refractivity contribution is 7.89. The summed E-state index contributed by atoms with van der Waals surface area (Å²) in [6.07, 6.45) is 1.90. The number of hydrogen-bond acceptors (Lipinski definition) is 3. The average Bonchev–Trinajstić information content (AvgIpc) is 2.64. The zero-order chi connectivity index (χ0) is 18.1. The predicted molar refractivity (Wildman–Crippen MR) is 98.5 cm³/mol. The van der Waals surface area contributed by atoms with Gasteiger partial charge in [-0.2, -0.15) is 0 Å². The number of hydrogen-bond donors (Lipinski definition) is 2. The molecule has 0 bridgehead atoms. The van der Waals surface area contributed by atoms with Crippen LogP contribution < -0.4 is 10.0 Å². The van der Waals surface area contributed by atoms with Gasteiger partial charge >= 0.3 is 0 Å². The van der Waals surface area contributed by atoms with Crippen molar-refractivity contribution in [1.29, 1.82) is 0 Å². The summed E-state index contributed by atoms with van der Waals surface area (Å²) in [4.78, 5) is 11.8. The van der Waals surface area contributed by atoms with E-state index in [0.717, 1.165) is 17.5 Å². The summed E-state index contributed by atoms with van der Waals surface area (Å²) in [6.45, 7) is 2.94. The molecule has 1 amide bonds. The minimum Gasteiger partial charge on any atom is -0.356 e. The first-order chi connectivity index (χ1) is 12.0. The van der Waals surface area contributed by atoms with Gasteiger partial charge in [0.05, 0.1) is 4.90 Å². The van der Waals surface area contributed by atoms with Crippen molar-refractivity contribution in [2.45, 2.75) is 37.6 Å². The Bertz CT molecular complexity index is 772. The third-order valence-electron chi connectivity index (χ3n) is 3.76. The van der Waals surface area contributed by atoms with E-state index >= 15 is 0 Å². The first-order valence-corrected chi connectivity index (χ1v) is 9.89. The number of carbonyl (C=O) groups excluding carboxylic acids is 1. The van der Waals surface area contributed by atoms with Gasteiger partial charge in [0.1, 0.15) is 0 Å². The number of sulfonamides is 1. The van der Waals surface area contributed by atoms with Crippen molar-refractivity contribution >= 4 is 15.9 Å². The zero-order valence-electron chi connectivity index (χ0n) is 14.4.